The SMILES string of the molecule is O=C(O)C[C@H]1CC[C@H](c2ccc(C(=O)Nc3nnc(Br)s3)cc2)CC1. The van der Waals surface area contributed by atoms with Gasteiger partial charge in [0, 0.05) is 12.0 Å². The molecule has 1 aromatic carbocycles. The van der Waals surface area contributed by atoms with Crippen LogP contribution in [0.4, 0.5) is 5.13 Å². The molecule has 1 amide bonds. The number of rotatable bonds is 5. The summed E-state index contributed by atoms with van der Waals surface area (Å²) in [5.74, 6) is -0.173. The van der Waals surface area contributed by atoms with Crippen molar-refractivity contribution in [3.63, 3.8) is 0 Å². The van der Waals surface area contributed by atoms with Gasteiger partial charge in [0.1, 0.15) is 0 Å². The minimum atomic E-state index is -0.707. The van der Waals surface area contributed by atoms with E-state index in [-0.39, 0.29) is 12.3 Å². The molecule has 132 valence electrons. The fourth-order valence-corrected chi connectivity index (χ4v) is 4.28. The van der Waals surface area contributed by atoms with E-state index in [1.165, 1.54) is 16.9 Å². The molecule has 0 aliphatic heterocycles. The Kier molecular flexibility index (Phi) is 5.80. The van der Waals surface area contributed by atoms with Crippen molar-refractivity contribution in [3.05, 3.63) is 39.3 Å². The molecular weight excluding hydrogens is 406 g/mol. The third-order valence-corrected chi connectivity index (χ3v) is 5.85. The molecule has 0 bridgehead atoms. The number of hydrogen-bond donors (Lipinski definition) is 2. The van der Waals surface area contributed by atoms with E-state index >= 15 is 0 Å². The number of carboxylic acids is 1. The number of nitrogens with zero attached hydrogens (tertiary/aromatic N) is 2. The van der Waals surface area contributed by atoms with Crippen LogP contribution in [-0.4, -0.2) is 27.2 Å². The van der Waals surface area contributed by atoms with E-state index in [9.17, 15) is 9.59 Å². The highest BCUT2D eigenvalue weighted by atomic mass is 79.9. The van der Waals surface area contributed by atoms with Crippen molar-refractivity contribution in [3.8, 4) is 0 Å². The molecule has 3 rings (SSSR count). The summed E-state index contributed by atoms with van der Waals surface area (Å²) in [6.45, 7) is 0. The number of hydrogen-bond acceptors (Lipinski definition) is 5. The van der Waals surface area contributed by atoms with Crippen molar-refractivity contribution in [2.24, 2.45) is 5.92 Å². The van der Waals surface area contributed by atoms with Crippen molar-refractivity contribution >= 4 is 44.3 Å². The highest BCUT2D eigenvalue weighted by Crippen LogP contribution is 2.37. The average molecular weight is 424 g/mol. The second kappa shape index (κ2) is 8.05. The van der Waals surface area contributed by atoms with Gasteiger partial charge in [0.15, 0.2) is 3.92 Å². The molecule has 6 nitrogen and oxygen atoms in total. The Balaban J connectivity index is 1.57. The summed E-state index contributed by atoms with van der Waals surface area (Å²) in [5.41, 5.74) is 1.79. The fourth-order valence-electron chi connectivity index (χ4n) is 3.28. The van der Waals surface area contributed by atoms with Gasteiger partial charge in [0.2, 0.25) is 5.13 Å². The lowest BCUT2D eigenvalue weighted by molar-refractivity contribution is -0.138. The quantitative estimate of drug-likeness (QED) is 0.747. The molecule has 1 aliphatic rings. The van der Waals surface area contributed by atoms with E-state index in [4.69, 9.17) is 5.11 Å². The van der Waals surface area contributed by atoms with Crippen LogP contribution in [0.25, 0.3) is 0 Å². The summed E-state index contributed by atoms with van der Waals surface area (Å²) in [6, 6.07) is 7.63. The minimum Gasteiger partial charge on any atom is -0.481 e. The van der Waals surface area contributed by atoms with Gasteiger partial charge in [-0.3, -0.25) is 14.9 Å². The number of benzene rings is 1. The minimum absolute atomic E-state index is 0.208. The Bertz CT molecular complexity index is 755. The van der Waals surface area contributed by atoms with Gasteiger partial charge in [-0.15, -0.1) is 10.2 Å². The van der Waals surface area contributed by atoms with Crippen molar-refractivity contribution in [2.75, 3.05) is 5.32 Å². The number of carbonyl (C=O) groups excluding carboxylic acids is 1. The molecule has 0 radical (unpaired) electrons. The average Bonchev–Trinajstić information content (AvgIpc) is 3.00. The van der Waals surface area contributed by atoms with Crippen LogP contribution in [0.5, 0.6) is 0 Å². The first-order chi connectivity index (χ1) is 12.0. The number of nitrogens with one attached hydrogen (secondary N) is 1. The zero-order chi connectivity index (χ0) is 17.8. The van der Waals surface area contributed by atoms with E-state index in [2.05, 4.69) is 31.4 Å². The number of halogens is 1. The van der Waals surface area contributed by atoms with Crippen LogP contribution in [0.1, 0.15) is 53.9 Å². The fraction of sp³-hybridized carbons (Fsp3) is 0.412. The molecule has 1 fully saturated rings. The van der Waals surface area contributed by atoms with Crippen LogP contribution >= 0.6 is 27.3 Å². The van der Waals surface area contributed by atoms with Crippen LogP contribution in [-0.2, 0) is 4.79 Å². The zero-order valence-electron chi connectivity index (χ0n) is 13.4. The van der Waals surface area contributed by atoms with Crippen LogP contribution in [0.2, 0.25) is 0 Å². The molecule has 0 saturated heterocycles. The standard InChI is InChI=1S/C17H18BrN3O3S/c18-16-20-21-17(25-16)19-15(24)13-7-5-12(6-8-13)11-3-1-10(2-4-11)9-14(22)23/h5-8,10-11H,1-4,9H2,(H,22,23)(H,19,21,24)/t10-,11-. The number of carbonyl (C=O) groups is 2. The molecular formula is C17H18BrN3O3S. The third kappa shape index (κ3) is 4.85. The number of carboxylic acid groups (broad SMARTS) is 1. The topological polar surface area (TPSA) is 92.2 Å². The van der Waals surface area contributed by atoms with Crippen LogP contribution in [0, 0.1) is 5.92 Å². The lowest BCUT2D eigenvalue weighted by Gasteiger charge is -2.28. The van der Waals surface area contributed by atoms with Crippen molar-refractivity contribution in [2.45, 2.75) is 38.0 Å². The Morgan fingerprint density at radius 3 is 2.40 bits per heavy atom. The van der Waals surface area contributed by atoms with Gasteiger partial charge >= 0.3 is 5.97 Å². The van der Waals surface area contributed by atoms with Gasteiger partial charge in [0.25, 0.3) is 5.91 Å². The van der Waals surface area contributed by atoms with Crippen LogP contribution in [0.3, 0.4) is 0 Å². The van der Waals surface area contributed by atoms with Gasteiger partial charge < -0.3 is 5.11 Å². The number of aliphatic carboxylic acids is 1. The van der Waals surface area contributed by atoms with E-state index in [0.29, 0.717) is 26.4 Å². The van der Waals surface area contributed by atoms with Crippen molar-refractivity contribution in [1.82, 2.24) is 10.2 Å². The monoisotopic (exact) mass is 423 g/mol. The number of amides is 1. The predicted octanol–water partition coefficient (Wildman–Crippen LogP) is 4.30. The van der Waals surface area contributed by atoms with Crippen molar-refractivity contribution in [1.29, 1.82) is 0 Å². The van der Waals surface area contributed by atoms with Gasteiger partial charge in [0.05, 0.1) is 0 Å². The van der Waals surface area contributed by atoms with E-state index in [0.717, 1.165) is 25.7 Å². The molecule has 1 saturated carbocycles. The first kappa shape index (κ1) is 18.0. The number of aromatic nitrogens is 2. The lowest BCUT2D eigenvalue weighted by Crippen LogP contribution is -2.16. The van der Waals surface area contributed by atoms with E-state index in [1.807, 2.05) is 24.3 Å². The summed E-state index contributed by atoms with van der Waals surface area (Å²) in [5, 5.41) is 19.7. The first-order valence-corrected chi connectivity index (χ1v) is 9.74. The van der Waals surface area contributed by atoms with Crippen molar-refractivity contribution < 1.29 is 14.7 Å². The maximum Gasteiger partial charge on any atom is 0.303 e. The normalized spacial score (nSPS) is 20.2. The Labute approximate surface area is 157 Å². The van der Waals surface area contributed by atoms with Gasteiger partial charge in [-0.1, -0.05) is 23.5 Å². The van der Waals surface area contributed by atoms with Gasteiger partial charge in [-0.2, -0.15) is 0 Å². The third-order valence-electron chi connectivity index (χ3n) is 4.58. The molecule has 1 aromatic heterocycles. The Hall–Kier alpha value is -1.80. The summed E-state index contributed by atoms with van der Waals surface area (Å²) in [7, 11) is 0. The molecule has 8 heteroatoms. The Morgan fingerprint density at radius 1 is 1.16 bits per heavy atom. The summed E-state index contributed by atoms with van der Waals surface area (Å²) in [6.07, 6.45) is 4.18. The molecule has 2 N–H and O–H groups in total. The Morgan fingerprint density at radius 2 is 1.84 bits per heavy atom. The van der Waals surface area contributed by atoms with Gasteiger partial charge in [-0.25, -0.2) is 0 Å². The molecule has 0 spiro atoms. The predicted molar refractivity (Wildman–Crippen MR) is 99.0 cm³/mol. The largest absolute Gasteiger partial charge is 0.481 e. The highest BCUT2D eigenvalue weighted by Gasteiger charge is 2.24. The summed E-state index contributed by atoms with van der Waals surface area (Å²) >= 11 is 4.47. The van der Waals surface area contributed by atoms with Crippen LogP contribution in [0.15, 0.2) is 28.2 Å². The maximum absolute atomic E-state index is 12.2. The van der Waals surface area contributed by atoms with Crippen LogP contribution < -0.4 is 5.32 Å². The summed E-state index contributed by atoms with van der Waals surface area (Å²) < 4.78 is 0.622. The molecule has 0 unspecified atom stereocenters. The first-order valence-electron chi connectivity index (χ1n) is 8.13. The zero-order valence-corrected chi connectivity index (χ0v) is 15.8. The van der Waals surface area contributed by atoms with E-state index in [1.54, 1.807) is 0 Å². The second-order valence-electron chi connectivity index (χ2n) is 6.25. The second-order valence-corrected chi connectivity index (χ2v) is 8.51. The van der Waals surface area contributed by atoms with E-state index < -0.39 is 5.97 Å². The molecule has 2 aromatic rings. The summed E-state index contributed by atoms with van der Waals surface area (Å²) in [4.78, 5) is 23.0. The lowest BCUT2D eigenvalue weighted by atomic mass is 9.77. The molecule has 25 heavy (non-hydrogen) atoms. The maximum atomic E-state index is 12.2. The molecule has 1 aliphatic carbocycles. The highest BCUT2D eigenvalue weighted by molar-refractivity contribution is 9.11. The molecule has 1 heterocycles. The number of anilines is 1. The van der Waals surface area contributed by atoms with Gasteiger partial charge in [-0.05, 0) is 71.1 Å². The molecule has 0 atom stereocenters. The smallest absolute Gasteiger partial charge is 0.303 e.